The Hall–Kier alpha value is -2.27. The fourth-order valence-corrected chi connectivity index (χ4v) is 7.41. The van der Waals surface area contributed by atoms with E-state index < -0.39 is 32.1 Å². The Bertz CT molecular complexity index is 1210. The number of benzene rings is 2. The molecule has 0 spiro atoms. The maximum absolute atomic E-state index is 13.3. The predicted octanol–water partition coefficient (Wildman–Crippen LogP) is 2.22. The van der Waals surface area contributed by atoms with Crippen molar-refractivity contribution in [2.45, 2.75) is 47.7 Å². The lowest BCUT2D eigenvalue weighted by Gasteiger charge is -2.32. The molecule has 2 aromatic rings. The van der Waals surface area contributed by atoms with Crippen LogP contribution < -0.4 is 0 Å². The Morgan fingerprint density at radius 3 is 2.38 bits per heavy atom. The highest BCUT2D eigenvalue weighted by Gasteiger charge is 2.55. The zero-order chi connectivity index (χ0) is 23.1. The van der Waals surface area contributed by atoms with Crippen LogP contribution in [0.25, 0.3) is 0 Å². The molecule has 32 heavy (non-hydrogen) atoms. The van der Waals surface area contributed by atoms with Crippen molar-refractivity contribution >= 4 is 26.0 Å². The van der Waals surface area contributed by atoms with Crippen LogP contribution in [-0.4, -0.2) is 57.6 Å². The summed E-state index contributed by atoms with van der Waals surface area (Å²) >= 11 is 0. The van der Waals surface area contributed by atoms with Crippen molar-refractivity contribution in [1.82, 2.24) is 8.61 Å². The number of nitrogens with zero attached hydrogens (tertiary/aromatic N) is 2. The molecule has 0 radical (unpaired) electrons. The van der Waals surface area contributed by atoms with E-state index in [2.05, 4.69) is 0 Å². The van der Waals surface area contributed by atoms with Gasteiger partial charge in [0, 0.05) is 20.1 Å². The summed E-state index contributed by atoms with van der Waals surface area (Å²) in [6.07, 6.45) is 2.15. The van der Waals surface area contributed by atoms with Crippen LogP contribution in [0, 0.1) is 5.92 Å². The van der Waals surface area contributed by atoms with Gasteiger partial charge in [0.25, 0.3) is 0 Å². The summed E-state index contributed by atoms with van der Waals surface area (Å²) in [6.45, 7) is -0.136. The smallest absolute Gasteiger partial charge is 0.325 e. The molecule has 0 amide bonds. The molecule has 2 fully saturated rings. The van der Waals surface area contributed by atoms with Gasteiger partial charge in [-0.2, -0.15) is 4.31 Å². The standard InChI is InChI=1S/C22H26N2O6S2/c1-23(2)31(26,27)20-10-6-7-16(13-20)15-30-22(25)21-17-11-12-18(14-17)24(21)32(28,29)19-8-4-3-5-9-19/h3-10,13,17-18,21H,11-12,14-15H2,1-2H3/t17-,18-,21+/m0/s1. The summed E-state index contributed by atoms with van der Waals surface area (Å²) in [5.74, 6) is -0.677. The molecule has 2 aliphatic rings. The molecule has 0 N–H and O–H groups in total. The largest absolute Gasteiger partial charge is 0.460 e. The Balaban J connectivity index is 1.53. The zero-order valence-electron chi connectivity index (χ0n) is 17.9. The molecule has 0 unspecified atom stereocenters. The summed E-state index contributed by atoms with van der Waals surface area (Å²) in [5, 5.41) is 0. The summed E-state index contributed by atoms with van der Waals surface area (Å²) in [5.41, 5.74) is 0.516. The van der Waals surface area contributed by atoms with Crippen molar-refractivity contribution in [2.24, 2.45) is 5.92 Å². The highest BCUT2D eigenvalue weighted by atomic mass is 32.2. The maximum Gasteiger partial charge on any atom is 0.325 e. The van der Waals surface area contributed by atoms with Gasteiger partial charge in [-0.1, -0.05) is 30.3 Å². The lowest BCUT2D eigenvalue weighted by molar-refractivity contribution is -0.151. The summed E-state index contributed by atoms with van der Waals surface area (Å²) in [6, 6.07) is 13.2. The summed E-state index contributed by atoms with van der Waals surface area (Å²) < 4.78 is 59.2. The second kappa shape index (κ2) is 8.58. The Kier molecular flexibility index (Phi) is 6.15. The highest BCUT2D eigenvalue weighted by Crippen LogP contribution is 2.45. The Labute approximate surface area is 188 Å². The Morgan fingerprint density at radius 2 is 1.69 bits per heavy atom. The van der Waals surface area contributed by atoms with Gasteiger partial charge in [-0.15, -0.1) is 0 Å². The first-order valence-electron chi connectivity index (χ1n) is 10.4. The van der Waals surface area contributed by atoms with Gasteiger partial charge in [-0.25, -0.2) is 21.1 Å². The third kappa shape index (κ3) is 4.07. The topological polar surface area (TPSA) is 101 Å². The number of ether oxygens (including phenoxy) is 1. The normalized spacial score (nSPS) is 23.5. The van der Waals surface area contributed by atoms with Gasteiger partial charge in [0.05, 0.1) is 9.79 Å². The number of esters is 1. The number of hydrogen-bond acceptors (Lipinski definition) is 6. The van der Waals surface area contributed by atoms with Gasteiger partial charge in [0.15, 0.2) is 0 Å². The quantitative estimate of drug-likeness (QED) is 0.566. The van der Waals surface area contributed by atoms with Crippen LogP contribution in [0.2, 0.25) is 0 Å². The fourth-order valence-electron chi connectivity index (χ4n) is 4.55. The van der Waals surface area contributed by atoms with E-state index in [0.29, 0.717) is 12.0 Å². The van der Waals surface area contributed by atoms with Crippen molar-refractivity contribution < 1.29 is 26.4 Å². The zero-order valence-corrected chi connectivity index (χ0v) is 19.6. The maximum atomic E-state index is 13.3. The van der Waals surface area contributed by atoms with Crippen molar-refractivity contribution in [3.63, 3.8) is 0 Å². The molecule has 8 nitrogen and oxygen atoms in total. The average molecular weight is 479 g/mol. The van der Waals surface area contributed by atoms with Crippen molar-refractivity contribution in [3.05, 3.63) is 60.2 Å². The number of carbonyl (C=O) groups is 1. The number of hydrogen-bond donors (Lipinski definition) is 0. The molecule has 3 atom stereocenters. The second-order valence-electron chi connectivity index (χ2n) is 8.36. The minimum Gasteiger partial charge on any atom is -0.460 e. The van der Waals surface area contributed by atoms with Gasteiger partial charge in [0.2, 0.25) is 20.0 Å². The van der Waals surface area contributed by atoms with Crippen LogP contribution >= 0.6 is 0 Å². The number of rotatable bonds is 7. The molecule has 172 valence electrons. The third-order valence-corrected chi connectivity index (χ3v) is 9.90. The van der Waals surface area contributed by atoms with E-state index in [1.165, 1.54) is 42.7 Å². The SMILES string of the molecule is CN(C)S(=O)(=O)c1cccc(COC(=O)[C@H]2[C@H]3CC[C@@H](C3)N2S(=O)(=O)c2ccccc2)c1. The Morgan fingerprint density at radius 1 is 1.00 bits per heavy atom. The van der Waals surface area contributed by atoms with E-state index >= 15 is 0 Å². The van der Waals surface area contributed by atoms with E-state index in [4.69, 9.17) is 4.74 Å². The predicted molar refractivity (Wildman–Crippen MR) is 117 cm³/mol. The molecule has 4 rings (SSSR count). The molecule has 1 saturated heterocycles. The molecular weight excluding hydrogens is 452 g/mol. The van der Waals surface area contributed by atoms with Crippen LogP contribution in [0.1, 0.15) is 24.8 Å². The van der Waals surface area contributed by atoms with Gasteiger partial charge in [-0.05, 0) is 55.0 Å². The van der Waals surface area contributed by atoms with Crippen molar-refractivity contribution in [1.29, 1.82) is 0 Å². The molecule has 1 heterocycles. The monoisotopic (exact) mass is 478 g/mol. The molecule has 1 aliphatic heterocycles. The van der Waals surface area contributed by atoms with Crippen molar-refractivity contribution in [2.75, 3.05) is 14.1 Å². The molecule has 1 aliphatic carbocycles. The van der Waals surface area contributed by atoms with Crippen LogP contribution in [0.15, 0.2) is 64.4 Å². The number of piperidine rings is 1. The fraction of sp³-hybridized carbons (Fsp3) is 0.409. The summed E-state index contributed by atoms with van der Waals surface area (Å²) in [7, 11) is -4.56. The van der Waals surface area contributed by atoms with Gasteiger partial charge in [0.1, 0.15) is 12.6 Å². The van der Waals surface area contributed by atoms with Crippen LogP contribution in [0.5, 0.6) is 0 Å². The second-order valence-corrected chi connectivity index (χ2v) is 12.4. The third-order valence-electron chi connectivity index (χ3n) is 6.14. The van der Waals surface area contributed by atoms with E-state index in [1.54, 1.807) is 30.3 Å². The first kappa shape index (κ1) is 22.9. The average Bonchev–Trinajstić information content (AvgIpc) is 3.40. The number of carbonyl (C=O) groups excluding carboxylic acids is 1. The highest BCUT2D eigenvalue weighted by molar-refractivity contribution is 7.89. The molecule has 2 bridgehead atoms. The van der Waals surface area contributed by atoms with Crippen LogP contribution in [0.3, 0.4) is 0 Å². The van der Waals surface area contributed by atoms with Crippen LogP contribution in [0.4, 0.5) is 0 Å². The molecule has 0 aromatic heterocycles. The van der Waals surface area contributed by atoms with E-state index in [9.17, 15) is 21.6 Å². The minimum absolute atomic E-state index is 0.0774. The molecule has 2 aromatic carbocycles. The van der Waals surface area contributed by atoms with Gasteiger partial charge >= 0.3 is 5.97 Å². The van der Waals surface area contributed by atoms with E-state index in [1.807, 2.05) is 0 Å². The first-order valence-corrected chi connectivity index (χ1v) is 13.3. The minimum atomic E-state index is -3.83. The number of fused-ring (bicyclic) bond motifs is 2. The molecule has 1 saturated carbocycles. The van der Waals surface area contributed by atoms with Gasteiger partial charge in [-0.3, -0.25) is 4.79 Å². The lowest BCUT2D eigenvalue weighted by Crippen LogP contribution is -2.49. The first-order chi connectivity index (χ1) is 15.1. The summed E-state index contributed by atoms with van der Waals surface area (Å²) in [4.78, 5) is 13.3. The number of sulfonamides is 2. The lowest BCUT2D eigenvalue weighted by atomic mass is 10.0. The molecule has 10 heteroatoms. The van der Waals surface area contributed by atoms with Crippen LogP contribution in [-0.2, 0) is 36.2 Å². The molecular formula is C22H26N2O6S2. The van der Waals surface area contributed by atoms with E-state index in [0.717, 1.165) is 17.1 Å². The van der Waals surface area contributed by atoms with Crippen molar-refractivity contribution in [3.8, 4) is 0 Å². The van der Waals surface area contributed by atoms with E-state index in [-0.39, 0.29) is 28.4 Å². The van der Waals surface area contributed by atoms with Gasteiger partial charge < -0.3 is 4.74 Å².